The molecule has 0 amide bonds. The van der Waals surface area contributed by atoms with Crippen molar-refractivity contribution in [1.29, 1.82) is 0 Å². The van der Waals surface area contributed by atoms with Crippen molar-refractivity contribution in [3.05, 3.63) is 76.0 Å². The average molecular weight is 352 g/mol. The first-order chi connectivity index (χ1) is 12.4. The summed E-state index contributed by atoms with van der Waals surface area (Å²) in [5.41, 5.74) is 4.99. The summed E-state index contributed by atoms with van der Waals surface area (Å²) >= 11 is 0. The molecule has 2 heterocycles. The van der Waals surface area contributed by atoms with E-state index in [4.69, 9.17) is 4.42 Å². The van der Waals surface area contributed by atoms with E-state index in [0.29, 0.717) is 18.7 Å². The minimum absolute atomic E-state index is 0.367. The molecule has 5 nitrogen and oxygen atoms in total. The molecule has 0 saturated carbocycles. The molecular weight excluding hydrogens is 328 g/mol. The smallest absolute Gasteiger partial charge is 0.337 e. The van der Waals surface area contributed by atoms with Crippen molar-refractivity contribution in [3.63, 3.8) is 0 Å². The zero-order chi connectivity index (χ0) is 18.8. The molecular formula is C21H24N2O3. The second-order valence-electron chi connectivity index (χ2n) is 6.62. The number of benzene rings is 1. The lowest BCUT2D eigenvalue weighted by Gasteiger charge is -2.10. The second kappa shape index (κ2) is 7.22. The third-order valence-electron chi connectivity index (χ3n) is 4.67. The number of rotatable bonds is 6. The van der Waals surface area contributed by atoms with Crippen molar-refractivity contribution in [2.75, 3.05) is 0 Å². The molecule has 0 aliphatic heterocycles. The van der Waals surface area contributed by atoms with Gasteiger partial charge in [-0.2, -0.15) is 0 Å². The highest BCUT2D eigenvalue weighted by molar-refractivity contribution is 5.91. The van der Waals surface area contributed by atoms with E-state index in [0.717, 1.165) is 34.2 Å². The van der Waals surface area contributed by atoms with Crippen LogP contribution in [0.25, 0.3) is 5.69 Å². The van der Waals surface area contributed by atoms with Gasteiger partial charge in [0.05, 0.1) is 12.1 Å². The lowest BCUT2D eigenvalue weighted by atomic mass is 10.1. The Kier molecular flexibility index (Phi) is 5.00. The van der Waals surface area contributed by atoms with E-state index in [2.05, 4.69) is 5.32 Å². The molecule has 0 bridgehead atoms. The molecule has 5 heteroatoms. The first kappa shape index (κ1) is 18.0. The van der Waals surface area contributed by atoms with Gasteiger partial charge in [0, 0.05) is 29.2 Å². The molecule has 0 spiro atoms. The number of carboxylic acid groups (broad SMARTS) is 1. The van der Waals surface area contributed by atoms with Gasteiger partial charge >= 0.3 is 5.97 Å². The van der Waals surface area contributed by atoms with Gasteiger partial charge < -0.3 is 19.4 Å². The maximum absolute atomic E-state index is 11.9. The van der Waals surface area contributed by atoms with Crippen LogP contribution in [0.4, 0.5) is 0 Å². The van der Waals surface area contributed by atoms with E-state index in [1.807, 2.05) is 68.7 Å². The monoisotopic (exact) mass is 352 g/mol. The topological polar surface area (TPSA) is 67.4 Å². The first-order valence-electron chi connectivity index (χ1n) is 8.65. The van der Waals surface area contributed by atoms with Crippen LogP contribution in [0.2, 0.25) is 0 Å². The van der Waals surface area contributed by atoms with Crippen molar-refractivity contribution in [1.82, 2.24) is 9.88 Å². The van der Waals surface area contributed by atoms with E-state index in [9.17, 15) is 9.90 Å². The maximum Gasteiger partial charge on any atom is 0.337 e. The number of aromatic nitrogens is 1. The Bertz CT molecular complexity index is 933. The van der Waals surface area contributed by atoms with Crippen molar-refractivity contribution in [3.8, 4) is 5.69 Å². The van der Waals surface area contributed by atoms with E-state index in [-0.39, 0.29) is 0 Å². The molecule has 26 heavy (non-hydrogen) atoms. The van der Waals surface area contributed by atoms with Crippen LogP contribution < -0.4 is 5.32 Å². The van der Waals surface area contributed by atoms with Gasteiger partial charge in [-0.25, -0.2) is 4.79 Å². The lowest BCUT2D eigenvalue weighted by molar-refractivity contribution is 0.0695. The van der Waals surface area contributed by atoms with Crippen LogP contribution >= 0.6 is 0 Å². The summed E-state index contributed by atoms with van der Waals surface area (Å²) in [5.74, 6) is 0.805. The summed E-state index contributed by atoms with van der Waals surface area (Å²) in [5, 5.41) is 13.0. The average Bonchev–Trinajstić information content (AvgIpc) is 3.10. The fourth-order valence-electron chi connectivity index (χ4n) is 3.37. The zero-order valence-electron chi connectivity index (χ0n) is 15.6. The molecule has 1 aromatic carbocycles. The Morgan fingerprint density at radius 2 is 1.69 bits per heavy atom. The minimum atomic E-state index is -0.901. The van der Waals surface area contributed by atoms with Crippen LogP contribution in [0.1, 0.15) is 44.4 Å². The van der Waals surface area contributed by atoms with E-state index in [1.165, 1.54) is 5.56 Å². The minimum Gasteiger partial charge on any atom is -0.478 e. The zero-order valence-corrected chi connectivity index (χ0v) is 15.6. The maximum atomic E-state index is 11.9. The van der Waals surface area contributed by atoms with E-state index in [1.54, 1.807) is 0 Å². The van der Waals surface area contributed by atoms with Crippen LogP contribution in [0.3, 0.4) is 0 Å². The van der Waals surface area contributed by atoms with E-state index < -0.39 is 5.97 Å². The molecule has 0 saturated heterocycles. The number of carboxylic acids is 1. The Labute approximate surface area is 153 Å². The van der Waals surface area contributed by atoms with Crippen LogP contribution in [-0.2, 0) is 13.1 Å². The van der Waals surface area contributed by atoms with Gasteiger partial charge in [0.2, 0.25) is 0 Å². The highest BCUT2D eigenvalue weighted by Gasteiger charge is 2.23. The van der Waals surface area contributed by atoms with Crippen LogP contribution in [0, 0.1) is 27.7 Å². The van der Waals surface area contributed by atoms with Gasteiger partial charge in [-0.1, -0.05) is 17.7 Å². The second-order valence-corrected chi connectivity index (χ2v) is 6.62. The van der Waals surface area contributed by atoms with Gasteiger partial charge in [0.15, 0.2) is 0 Å². The molecule has 3 rings (SSSR count). The van der Waals surface area contributed by atoms with Gasteiger partial charge in [0.1, 0.15) is 11.5 Å². The van der Waals surface area contributed by atoms with E-state index >= 15 is 0 Å². The SMILES string of the molecule is Cc1ccc(-n2c(C)c(CNCc3ccc(C)o3)c(C(=O)O)c2C)cc1. The van der Waals surface area contributed by atoms with Crippen LogP contribution in [0.5, 0.6) is 0 Å². The number of nitrogens with one attached hydrogen (secondary N) is 1. The quantitative estimate of drug-likeness (QED) is 0.694. The summed E-state index contributed by atoms with van der Waals surface area (Å²) in [6, 6.07) is 11.9. The summed E-state index contributed by atoms with van der Waals surface area (Å²) in [4.78, 5) is 11.9. The number of hydrogen-bond acceptors (Lipinski definition) is 3. The number of hydrogen-bond donors (Lipinski definition) is 2. The van der Waals surface area contributed by atoms with Gasteiger partial charge in [0.25, 0.3) is 0 Å². The molecule has 0 atom stereocenters. The third-order valence-corrected chi connectivity index (χ3v) is 4.67. The Morgan fingerprint density at radius 1 is 1.00 bits per heavy atom. The fraction of sp³-hybridized carbons (Fsp3) is 0.286. The highest BCUT2D eigenvalue weighted by atomic mass is 16.4. The molecule has 0 aliphatic rings. The fourth-order valence-corrected chi connectivity index (χ4v) is 3.37. The third kappa shape index (κ3) is 3.44. The van der Waals surface area contributed by atoms with Crippen molar-refractivity contribution in [2.45, 2.75) is 40.8 Å². The number of furan rings is 1. The molecule has 2 N–H and O–H groups in total. The number of aryl methyl sites for hydroxylation is 2. The Morgan fingerprint density at radius 3 is 2.27 bits per heavy atom. The molecule has 2 aromatic heterocycles. The predicted molar refractivity (Wildman–Crippen MR) is 101 cm³/mol. The number of aromatic carboxylic acids is 1. The summed E-state index contributed by atoms with van der Waals surface area (Å²) < 4.78 is 7.57. The first-order valence-corrected chi connectivity index (χ1v) is 8.65. The molecule has 136 valence electrons. The number of nitrogens with zero attached hydrogens (tertiary/aromatic N) is 1. The summed E-state index contributed by atoms with van der Waals surface area (Å²) in [7, 11) is 0. The van der Waals surface area contributed by atoms with Gasteiger partial charge in [-0.3, -0.25) is 0 Å². The molecule has 0 radical (unpaired) electrons. The van der Waals surface area contributed by atoms with Crippen molar-refractivity contribution in [2.24, 2.45) is 0 Å². The predicted octanol–water partition coefficient (Wildman–Crippen LogP) is 4.29. The largest absolute Gasteiger partial charge is 0.478 e. The normalized spacial score (nSPS) is 11.1. The summed E-state index contributed by atoms with van der Waals surface area (Å²) in [6.45, 7) is 8.78. The Hall–Kier alpha value is -2.79. The highest BCUT2D eigenvalue weighted by Crippen LogP contribution is 2.26. The van der Waals surface area contributed by atoms with Crippen molar-refractivity contribution >= 4 is 5.97 Å². The summed E-state index contributed by atoms with van der Waals surface area (Å²) in [6.07, 6.45) is 0. The lowest BCUT2D eigenvalue weighted by Crippen LogP contribution is -2.15. The van der Waals surface area contributed by atoms with Crippen LogP contribution in [-0.4, -0.2) is 15.6 Å². The molecule has 0 fully saturated rings. The van der Waals surface area contributed by atoms with Gasteiger partial charge in [-0.05, 0) is 52.0 Å². The Balaban J connectivity index is 1.92. The molecule has 3 aromatic rings. The standard InChI is InChI=1S/C21H24N2O3/c1-13-5-8-17(9-6-13)23-15(3)19(20(16(23)4)21(24)25)12-22-11-18-10-7-14(2)26-18/h5-10,22H,11-12H2,1-4H3,(H,24,25). The van der Waals surface area contributed by atoms with Crippen LogP contribution in [0.15, 0.2) is 40.8 Å². The van der Waals surface area contributed by atoms with Gasteiger partial charge in [-0.15, -0.1) is 0 Å². The van der Waals surface area contributed by atoms with Crippen molar-refractivity contribution < 1.29 is 14.3 Å². The molecule has 0 unspecified atom stereocenters. The molecule has 0 aliphatic carbocycles. The number of carbonyl (C=O) groups is 1.